The van der Waals surface area contributed by atoms with Crippen LogP contribution in [0.4, 0.5) is 0 Å². The molecule has 0 aromatic carbocycles. The number of rotatable bonds is 7. The fraction of sp³-hybridized carbons (Fsp3) is 0.800. The van der Waals surface area contributed by atoms with E-state index < -0.39 is 23.9 Å². The highest BCUT2D eigenvalue weighted by atomic mass is 16.6. The maximum absolute atomic E-state index is 10.5. The van der Waals surface area contributed by atoms with Crippen LogP contribution in [0.25, 0.3) is 0 Å². The van der Waals surface area contributed by atoms with Crippen LogP contribution in [0.3, 0.4) is 0 Å². The number of fused-ring (bicyclic) bond motifs is 2. The molecule has 0 aromatic heterocycles. The van der Waals surface area contributed by atoms with Crippen molar-refractivity contribution in [2.45, 2.75) is 88.6 Å². The molecule has 2 saturated heterocycles. The van der Waals surface area contributed by atoms with Gasteiger partial charge in [0.2, 0.25) is 0 Å². The molecule has 6 unspecified atom stereocenters. The molecular weight excluding hydrogens is 400 g/mol. The molecule has 0 bridgehead atoms. The molecule has 0 spiro atoms. The van der Waals surface area contributed by atoms with E-state index in [9.17, 15) is 19.2 Å². The SMILES string of the molecule is O=C(O)C1CCC2OC2C1.O=C(O)C1CCC2OC2C1.O=C(O)CCCCC(=O)O. The van der Waals surface area contributed by atoms with Gasteiger partial charge in [0.15, 0.2) is 0 Å². The molecule has 4 fully saturated rings. The average Bonchev–Trinajstić information content (AvgIpc) is 3.58. The van der Waals surface area contributed by atoms with Gasteiger partial charge < -0.3 is 29.9 Å². The number of carboxylic acids is 4. The first-order chi connectivity index (χ1) is 14.2. The van der Waals surface area contributed by atoms with Gasteiger partial charge in [0, 0.05) is 12.8 Å². The van der Waals surface area contributed by atoms with E-state index in [0.29, 0.717) is 25.0 Å². The predicted molar refractivity (Wildman–Crippen MR) is 101 cm³/mol. The van der Waals surface area contributed by atoms with Crippen molar-refractivity contribution in [1.29, 1.82) is 0 Å². The Hall–Kier alpha value is -2.20. The van der Waals surface area contributed by atoms with E-state index in [4.69, 9.17) is 29.9 Å². The lowest BCUT2D eigenvalue weighted by Crippen LogP contribution is -2.21. The van der Waals surface area contributed by atoms with Crippen molar-refractivity contribution >= 4 is 23.9 Å². The van der Waals surface area contributed by atoms with Crippen LogP contribution in [0.15, 0.2) is 0 Å². The minimum Gasteiger partial charge on any atom is -0.481 e. The number of hydrogen-bond acceptors (Lipinski definition) is 6. The third kappa shape index (κ3) is 8.66. The minimum absolute atomic E-state index is 0.0628. The van der Waals surface area contributed by atoms with Crippen LogP contribution < -0.4 is 0 Å². The van der Waals surface area contributed by atoms with Crippen LogP contribution in [-0.2, 0) is 28.7 Å². The van der Waals surface area contributed by atoms with Gasteiger partial charge in [-0.25, -0.2) is 0 Å². The lowest BCUT2D eigenvalue weighted by Gasteiger charge is -2.12. The maximum atomic E-state index is 10.5. The maximum Gasteiger partial charge on any atom is 0.306 e. The summed E-state index contributed by atoms with van der Waals surface area (Å²) in [6.45, 7) is 0. The molecule has 6 atom stereocenters. The minimum atomic E-state index is -0.870. The zero-order chi connectivity index (χ0) is 22.3. The van der Waals surface area contributed by atoms with E-state index in [1.54, 1.807) is 0 Å². The Kier molecular flexibility index (Phi) is 9.04. The topological polar surface area (TPSA) is 174 Å². The second-order valence-electron chi connectivity index (χ2n) is 8.12. The monoisotopic (exact) mass is 430 g/mol. The quantitative estimate of drug-likeness (QED) is 0.345. The second kappa shape index (κ2) is 11.3. The highest BCUT2D eigenvalue weighted by molar-refractivity contribution is 5.70. The highest BCUT2D eigenvalue weighted by Gasteiger charge is 2.46. The molecular formula is C20H30O10. The third-order valence-corrected chi connectivity index (χ3v) is 5.74. The summed E-state index contributed by atoms with van der Waals surface area (Å²) >= 11 is 0. The van der Waals surface area contributed by atoms with Gasteiger partial charge in [-0.3, -0.25) is 19.2 Å². The summed E-state index contributed by atoms with van der Waals surface area (Å²) in [6.07, 6.45) is 7.39. The van der Waals surface area contributed by atoms with Gasteiger partial charge >= 0.3 is 23.9 Å². The van der Waals surface area contributed by atoms with E-state index in [1.807, 2.05) is 0 Å². The molecule has 30 heavy (non-hydrogen) atoms. The number of epoxide rings is 2. The van der Waals surface area contributed by atoms with Crippen LogP contribution in [-0.4, -0.2) is 68.7 Å². The smallest absolute Gasteiger partial charge is 0.306 e. The molecule has 0 radical (unpaired) electrons. The van der Waals surface area contributed by atoms with Crippen LogP contribution in [0.1, 0.15) is 64.2 Å². The Balaban J connectivity index is 0.000000160. The highest BCUT2D eigenvalue weighted by Crippen LogP contribution is 2.40. The fourth-order valence-electron chi connectivity index (χ4n) is 3.81. The predicted octanol–water partition coefficient (Wildman–Crippen LogP) is 1.99. The average molecular weight is 430 g/mol. The summed E-state index contributed by atoms with van der Waals surface area (Å²) < 4.78 is 10.4. The van der Waals surface area contributed by atoms with Crippen molar-refractivity contribution in [3.05, 3.63) is 0 Å². The van der Waals surface area contributed by atoms with Gasteiger partial charge in [0.1, 0.15) is 0 Å². The summed E-state index contributed by atoms with van der Waals surface area (Å²) in [5.74, 6) is -3.33. The molecule has 170 valence electrons. The van der Waals surface area contributed by atoms with Gasteiger partial charge in [-0.2, -0.15) is 0 Å². The molecule has 2 saturated carbocycles. The number of carboxylic acid groups (broad SMARTS) is 4. The first-order valence-corrected chi connectivity index (χ1v) is 10.4. The van der Waals surface area contributed by atoms with Crippen molar-refractivity contribution in [2.75, 3.05) is 0 Å². The molecule has 0 amide bonds. The Morgan fingerprint density at radius 2 is 0.967 bits per heavy atom. The van der Waals surface area contributed by atoms with E-state index in [1.165, 1.54) is 0 Å². The number of aliphatic carboxylic acids is 4. The van der Waals surface area contributed by atoms with Crippen LogP contribution in [0.2, 0.25) is 0 Å². The molecule has 0 aromatic rings. The van der Waals surface area contributed by atoms with Gasteiger partial charge in [-0.15, -0.1) is 0 Å². The van der Waals surface area contributed by atoms with E-state index >= 15 is 0 Å². The second-order valence-corrected chi connectivity index (χ2v) is 8.12. The number of hydrogen-bond donors (Lipinski definition) is 4. The first kappa shape index (κ1) is 24.1. The summed E-state index contributed by atoms with van der Waals surface area (Å²) in [6, 6.07) is 0. The van der Waals surface area contributed by atoms with Crippen molar-refractivity contribution in [2.24, 2.45) is 11.8 Å². The fourth-order valence-corrected chi connectivity index (χ4v) is 3.81. The molecule has 4 rings (SSSR count). The molecule has 2 aliphatic carbocycles. The Morgan fingerprint density at radius 3 is 1.23 bits per heavy atom. The van der Waals surface area contributed by atoms with E-state index in [-0.39, 0.29) is 36.9 Å². The van der Waals surface area contributed by atoms with Crippen LogP contribution in [0, 0.1) is 11.8 Å². The lowest BCUT2D eigenvalue weighted by molar-refractivity contribution is -0.143. The van der Waals surface area contributed by atoms with Crippen molar-refractivity contribution < 1.29 is 49.1 Å². The largest absolute Gasteiger partial charge is 0.481 e. The standard InChI is InChI=1S/2C7H10O3.C6H10O4/c2*8-7(9)4-1-2-5-6(3-4)10-5;7-5(8)3-1-2-4-6(9)10/h2*4-6H,1-3H2,(H,8,9);1-4H2,(H,7,8)(H,9,10). The Morgan fingerprint density at radius 1 is 0.600 bits per heavy atom. The molecule has 2 heterocycles. The normalized spacial score (nSPS) is 32.5. The zero-order valence-electron chi connectivity index (χ0n) is 16.8. The lowest BCUT2D eigenvalue weighted by atomic mass is 9.90. The molecule has 2 aliphatic heterocycles. The van der Waals surface area contributed by atoms with Gasteiger partial charge in [0.05, 0.1) is 36.3 Å². The van der Waals surface area contributed by atoms with Gasteiger partial charge in [0.25, 0.3) is 0 Å². The Bertz CT molecular complexity index is 579. The Labute approximate surface area is 174 Å². The van der Waals surface area contributed by atoms with E-state index in [2.05, 4.69) is 0 Å². The number of carbonyl (C=O) groups is 4. The van der Waals surface area contributed by atoms with E-state index in [0.717, 1.165) is 38.5 Å². The van der Waals surface area contributed by atoms with Gasteiger partial charge in [-0.05, 0) is 51.4 Å². The molecule has 10 nitrogen and oxygen atoms in total. The number of unbranched alkanes of at least 4 members (excludes halogenated alkanes) is 1. The van der Waals surface area contributed by atoms with Crippen LogP contribution >= 0.6 is 0 Å². The summed E-state index contributed by atoms with van der Waals surface area (Å²) in [5, 5.41) is 33.5. The summed E-state index contributed by atoms with van der Waals surface area (Å²) in [4.78, 5) is 40.7. The zero-order valence-corrected chi connectivity index (χ0v) is 16.8. The van der Waals surface area contributed by atoms with Crippen molar-refractivity contribution in [3.63, 3.8) is 0 Å². The summed E-state index contributed by atoms with van der Waals surface area (Å²) in [7, 11) is 0. The van der Waals surface area contributed by atoms with Crippen molar-refractivity contribution in [3.8, 4) is 0 Å². The van der Waals surface area contributed by atoms with Crippen LogP contribution in [0.5, 0.6) is 0 Å². The number of ether oxygens (including phenoxy) is 2. The molecule has 4 aliphatic rings. The van der Waals surface area contributed by atoms with Crippen molar-refractivity contribution in [1.82, 2.24) is 0 Å². The first-order valence-electron chi connectivity index (χ1n) is 10.4. The van der Waals surface area contributed by atoms with Gasteiger partial charge in [-0.1, -0.05) is 0 Å². The third-order valence-electron chi connectivity index (χ3n) is 5.74. The molecule has 4 N–H and O–H groups in total. The summed E-state index contributed by atoms with van der Waals surface area (Å²) in [5.41, 5.74) is 0. The molecule has 10 heteroatoms.